The van der Waals surface area contributed by atoms with E-state index in [9.17, 15) is 22.4 Å². The number of amidine groups is 1. The van der Waals surface area contributed by atoms with Gasteiger partial charge in [0.1, 0.15) is 23.7 Å². The molecule has 0 aromatic heterocycles. The molecule has 3 aromatic rings. The summed E-state index contributed by atoms with van der Waals surface area (Å²) in [4.78, 5) is 27.6. The normalized spacial score (nSPS) is 16.8. The molecule has 3 aromatic carbocycles. The van der Waals surface area contributed by atoms with Gasteiger partial charge in [-0.3, -0.25) is 15.0 Å². The Morgan fingerprint density at radius 1 is 0.975 bits per heavy atom. The van der Waals surface area contributed by atoms with E-state index in [1.54, 1.807) is 60.7 Å². The summed E-state index contributed by atoms with van der Waals surface area (Å²) in [6.45, 7) is 0.606. The van der Waals surface area contributed by atoms with Crippen LogP contribution in [-0.2, 0) is 19.8 Å². The lowest BCUT2D eigenvalue weighted by atomic mass is 9.84. The molecule has 1 aliphatic rings. The number of nitrogen functional groups attached to an aromatic ring is 1. The summed E-state index contributed by atoms with van der Waals surface area (Å²) >= 11 is 0. The summed E-state index contributed by atoms with van der Waals surface area (Å²) in [6.07, 6.45) is 1.27. The number of hydrogen-bond acceptors (Lipinski definition) is 6. The highest BCUT2D eigenvalue weighted by molar-refractivity contribution is 7.87. The fourth-order valence-electron chi connectivity index (χ4n) is 4.96. The highest BCUT2D eigenvalue weighted by Gasteiger charge is 2.38. The van der Waals surface area contributed by atoms with Gasteiger partial charge in [-0.2, -0.15) is 13.1 Å². The predicted molar refractivity (Wildman–Crippen MR) is 149 cm³/mol. The van der Waals surface area contributed by atoms with Gasteiger partial charge in [-0.25, -0.2) is 9.53 Å². The fourth-order valence-corrected chi connectivity index (χ4v) is 5.55. The van der Waals surface area contributed by atoms with Gasteiger partial charge in [0.15, 0.2) is 5.78 Å². The largest absolute Gasteiger partial charge is 0.384 e. The molecule has 210 valence electrons. The van der Waals surface area contributed by atoms with Crippen LogP contribution in [0, 0.1) is 11.2 Å². The molecule has 0 radical (unpaired) electrons. The van der Waals surface area contributed by atoms with E-state index in [1.165, 1.54) is 12.1 Å². The monoisotopic (exact) mass is 566 g/mol. The molecule has 12 heteroatoms. The van der Waals surface area contributed by atoms with Gasteiger partial charge in [-0.15, -0.1) is 0 Å². The Morgan fingerprint density at radius 3 is 2.05 bits per heavy atom. The number of rotatable bonds is 11. The maximum absolute atomic E-state index is 14.8. The minimum atomic E-state index is -4.39. The van der Waals surface area contributed by atoms with Crippen molar-refractivity contribution >= 4 is 27.7 Å². The van der Waals surface area contributed by atoms with E-state index < -0.39 is 57.6 Å². The molecule has 3 atom stereocenters. The number of benzene rings is 3. The Hall–Kier alpha value is -3.97. The third kappa shape index (κ3) is 6.96. The minimum Gasteiger partial charge on any atom is -0.384 e. The number of halogens is 1. The van der Waals surface area contributed by atoms with Crippen LogP contribution in [0.2, 0.25) is 0 Å². The molecule has 1 heterocycles. The van der Waals surface area contributed by atoms with Crippen LogP contribution in [0.3, 0.4) is 0 Å². The van der Waals surface area contributed by atoms with Crippen LogP contribution in [0.15, 0.2) is 78.9 Å². The van der Waals surface area contributed by atoms with Crippen molar-refractivity contribution in [3.63, 3.8) is 0 Å². The first-order chi connectivity index (χ1) is 19.0. The first-order valence-electron chi connectivity index (χ1n) is 12.7. The van der Waals surface area contributed by atoms with E-state index in [4.69, 9.17) is 16.3 Å². The van der Waals surface area contributed by atoms with Crippen molar-refractivity contribution in [1.29, 1.82) is 5.41 Å². The second-order valence-electron chi connectivity index (χ2n) is 9.59. The quantitative estimate of drug-likeness (QED) is 0.151. The van der Waals surface area contributed by atoms with Crippen LogP contribution in [0.5, 0.6) is 0 Å². The molecule has 10 nitrogen and oxygen atoms in total. The maximum Gasteiger partial charge on any atom is 0.275 e. The van der Waals surface area contributed by atoms with E-state index >= 15 is 0 Å². The van der Waals surface area contributed by atoms with Gasteiger partial charge in [0.05, 0.1) is 11.6 Å². The predicted octanol–water partition coefficient (Wildman–Crippen LogP) is 1.58. The average Bonchev–Trinajstić information content (AvgIpc) is 3.46. The van der Waals surface area contributed by atoms with E-state index in [0.29, 0.717) is 24.1 Å². The summed E-state index contributed by atoms with van der Waals surface area (Å²) in [6, 6.07) is 18.0. The topological polar surface area (TPSA) is 180 Å². The molecule has 0 aliphatic carbocycles. The Balaban J connectivity index is 1.78. The van der Waals surface area contributed by atoms with Crippen LogP contribution in [-0.4, -0.2) is 44.6 Å². The van der Waals surface area contributed by atoms with Crippen molar-refractivity contribution in [3.8, 4) is 0 Å². The third-order valence-electron chi connectivity index (χ3n) is 6.82. The van der Waals surface area contributed by atoms with Gasteiger partial charge in [0, 0.05) is 5.92 Å². The molecular weight excluding hydrogens is 535 g/mol. The van der Waals surface area contributed by atoms with Gasteiger partial charge < -0.3 is 16.4 Å². The lowest BCUT2D eigenvalue weighted by molar-refractivity contribution is -0.130. The zero-order valence-electron chi connectivity index (χ0n) is 21.5. The van der Waals surface area contributed by atoms with E-state index in [1.807, 2.05) is 0 Å². The Bertz CT molecular complexity index is 1440. The molecular formula is C28H31FN6O4S. The standard InChI is InChI=1S/C28H31FN6O4S/c29-21-16-19(13-14-20(21)27(30)31)24(26(36)22-12-7-15-33-22)34-28(37)25(35-40(32,38)39)23(17-8-3-1-4-9-17)18-10-5-2-6-11-18/h1-6,8-11,13-14,16,22-25,33,35H,7,12,15H2,(H3,30,31)(H,34,37)(H2,32,38,39)/t22-,24?,25+/m0/s1. The molecule has 8 N–H and O–H groups in total. The number of carbonyl (C=O) groups is 2. The number of ketones is 1. The fraction of sp³-hybridized carbons (Fsp3) is 0.250. The highest BCUT2D eigenvalue weighted by atomic mass is 32.2. The lowest BCUT2D eigenvalue weighted by Gasteiger charge is -2.30. The van der Waals surface area contributed by atoms with E-state index in [2.05, 4.69) is 15.4 Å². The molecule has 1 saturated heterocycles. The van der Waals surface area contributed by atoms with Crippen LogP contribution >= 0.6 is 0 Å². The molecule has 4 rings (SSSR count). The van der Waals surface area contributed by atoms with Crippen molar-refractivity contribution < 1.29 is 22.4 Å². The molecule has 1 unspecified atom stereocenters. The van der Waals surface area contributed by atoms with Gasteiger partial charge in [-0.05, 0) is 48.2 Å². The zero-order chi connectivity index (χ0) is 28.9. The smallest absolute Gasteiger partial charge is 0.275 e. The average molecular weight is 567 g/mol. The minimum absolute atomic E-state index is 0.125. The van der Waals surface area contributed by atoms with Gasteiger partial charge in [-0.1, -0.05) is 66.7 Å². The second-order valence-corrected chi connectivity index (χ2v) is 10.9. The Kier molecular flexibility index (Phi) is 9.05. The number of amides is 1. The molecule has 1 aliphatic heterocycles. The lowest BCUT2D eigenvalue weighted by Crippen LogP contribution is -2.54. The highest BCUT2D eigenvalue weighted by Crippen LogP contribution is 2.30. The Labute approximate surface area is 232 Å². The van der Waals surface area contributed by atoms with Gasteiger partial charge >= 0.3 is 0 Å². The van der Waals surface area contributed by atoms with Crippen molar-refractivity contribution in [2.24, 2.45) is 10.9 Å². The number of carbonyl (C=O) groups excluding carboxylic acids is 2. The van der Waals surface area contributed by atoms with Crippen molar-refractivity contribution in [2.75, 3.05) is 6.54 Å². The number of nitrogens with one attached hydrogen (secondary N) is 4. The second kappa shape index (κ2) is 12.5. The summed E-state index contributed by atoms with van der Waals surface area (Å²) in [7, 11) is -4.39. The summed E-state index contributed by atoms with van der Waals surface area (Å²) in [5, 5.41) is 18.7. The van der Waals surface area contributed by atoms with Crippen molar-refractivity contribution in [1.82, 2.24) is 15.4 Å². The number of nitrogens with two attached hydrogens (primary N) is 2. The van der Waals surface area contributed by atoms with Crippen LogP contribution in [0.4, 0.5) is 4.39 Å². The van der Waals surface area contributed by atoms with E-state index in [0.717, 1.165) is 12.5 Å². The zero-order valence-corrected chi connectivity index (χ0v) is 22.3. The van der Waals surface area contributed by atoms with E-state index in [-0.39, 0.29) is 11.1 Å². The molecule has 1 fully saturated rings. The molecule has 0 spiro atoms. The van der Waals surface area contributed by atoms with Gasteiger partial charge in [0.25, 0.3) is 10.2 Å². The molecule has 0 saturated carbocycles. The SMILES string of the molecule is N=C(N)c1ccc(C(NC(=O)[C@H](NS(N)(=O)=O)C(c2ccccc2)c2ccccc2)C(=O)[C@@H]2CCCN2)cc1F. The molecule has 1 amide bonds. The maximum atomic E-state index is 14.8. The Morgan fingerprint density at radius 2 is 1.57 bits per heavy atom. The molecule has 0 bridgehead atoms. The van der Waals surface area contributed by atoms with Gasteiger partial charge in [0.2, 0.25) is 5.91 Å². The summed E-state index contributed by atoms with van der Waals surface area (Å²) in [5.41, 5.74) is 6.67. The van der Waals surface area contributed by atoms with Crippen LogP contribution in [0.1, 0.15) is 47.1 Å². The van der Waals surface area contributed by atoms with Crippen molar-refractivity contribution in [3.05, 3.63) is 107 Å². The first kappa shape index (κ1) is 29.0. The van der Waals surface area contributed by atoms with Crippen LogP contribution in [0.25, 0.3) is 0 Å². The van der Waals surface area contributed by atoms with Crippen molar-refractivity contribution in [2.45, 2.75) is 36.9 Å². The molecule has 40 heavy (non-hydrogen) atoms. The number of Topliss-reactive ketones (excluding diaryl/α,β-unsaturated/α-hetero) is 1. The number of hydrogen-bond donors (Lipinski definition) is 6. The summed E-state index contributed by atoms with van der Waals surface area (Å²) in [5.74, 6) is -3.38. The summed E-state index contributed by atoms with van der Waals surface area (Å²) < 4.78 is 41.6. The first-order valence-corrected chi connectivity index (χ1v) is 14.2. The van der Waals surface area contributed by atoms with Crippen LogP contribution < -0.4 is 26.2 Å². The third-order valence-corrected chi connectivity index (χ3v) is 7.40.